The van der Waals surface area contributed by atoms with Crippen molar-refractivity contribution in [2.45, 2.75) is 25.7 Å². The minimum absolute atomic E-state index is 0.431. The van der Waals surface area contributed by atoms with Crippen molar-refractivity contribution < 1.29 is 14.6 Å². The van der Waals surface area contributed by atoms with Crippen molar-refractivity contribution in [1.82, 2.24) is 0 Å². The normalized spacial score (nSPS) is 11.8. The Morgan fingerprint density at radius 3 is 2.50 bits per heavy atom. The van der Waals surface area contributed by atoms with Gasteiger partial charge in [-0.3, -0.25) is 4.79 Å². The molecule has 4 heteroatoms. The Hall–Kier alpha value is -2.49. The van der Waals surface area contributed by atoms with Crippen LogP contribution in [0.15, 0.2) is 42.5 Å². The zero-order chi connectivity index (χ0) is 17.7. The van der Waals surface area contributed by atoms with Crippen LogP contribution >= 0.6 is 0 Å². The van der Waals surface area contributed by atoms with E-state index in [1.165, 1.54) is 0 Å². The highest BCUT2D eigenvalue weighted by Crippen LogP contribution is 2.31. The van der Waals surface area contributed by atoms with E-state index in [0.29, 0.717) is 12.2 Å². The number of nitrogens with zero attached hydrogens (tertiary/aromatic N) is 1. The van der Waals surface area contributed by atoms with E-state index in [9.17, 15) is 9.90 Å². The molecule has 2 aromatic carbocycles. The second kappa shape index (κ2) is 7.86. The number of hydrogen-bond acceptors (Lipinski definition) is 3. The summed E-state index contributed by atoms with van der Waals surface area (Å²) < 4.78 is 5.40. The summed E-state index contributed by atoms with van der Waals surface area (Å²) in [6.07, 6.45) is 1.29. The molecule has 128 valence electrons. The Labute approximate surface area is 143 Å². The number of aliphatic carboxylic acids is 1. The van der Waals surface area contributed by atoms with Gasteiger partial charge in [0.1, 0.15) is 5.75 Å². The largest absolute Gasteiger partial charge is 0.496 e. The smallest absolute Gasteiger partial charge is 0.311 e. The molecule has 0 saturated heterocycles. The van der Waals surface area contributed by atoms with Gasteiger partial charge < -0.3 is 14.7 Å². The minimum atomic E-state index is -0.836. The molecule has 0 radical (unpaired) electrons. The van der Waals surface area contributed by atoms with Crippen LogP contribution in [0.4, 0.5) is 5.69 Å². The molecule has 0 amide bonds. The van der Waals surface area contributed by atoms with Gasteiger partial charge in [-0.1, -0.05) is 31.2 Å². The Kier molecular flexibility index (Phi) is 5.85. The van der Waals surface area contributed by atoms with Gasteiger partial charge in [-0.25, -0.2) is 0 Å². The van der Waals surface area contributed by atoms with Crippen LogP contribution in [0.5, 0.6) is 5.75 Å². The third kappa shape index (κ3) is 4.07. The Morgan fingerprint density at radius 2 is 1.92 bits per heavy atom. The average molecular weight is 327 g/mol. The van der Waals surface area contributed by atoms with Gasteiger partial charge in [0.15, 0.2) is 0 Å². The van der Waals surface area contributed by atoms with E-state index in [4.69, 9.17) is 4.74 Å². The molecule has 2 rings (SSSR count). The van der Waals surface area contributed by atoms with Gasteiger partial charge in [0.05, 0.1) is 13.0 Å². The van der Waals surface area contributed by atoms with Crippen molar-refractivity contribution in [2.75, 3.05) is 26.1 Å². The number of aryl methyl sites for hydroxylation is 1. The number of carboxylic acid groups (broad SMARTS) is 1. The van der Waals surface area contributed by atoms with E-state index >= 15 is 0 Å². The number of methoxy groups -OCH3 is 1. The van der Waals surface area contributed by atoms with Gasteiger partial charge in [0, 0.05) is 25.3 Å². The summed E-state index contributed by atoms with van der Waals surface area (Å²) >= 11 is 0. The zero-order valence-corrected chi connectivity index (χ0v) is 14.7. The van der Waals surface area contributed by atoms with Gasteiger partial charge in [-0.05, 0) is 42.2 Å². The lowest BCUT2D eigenvalue weighted by Gasteiger charge is -2.19. The topological polar surface area (TPSA) is 49.8 Å². The van der Waals surface area contributed by atoms with Crippen LogP contribution in [0.25, 0.3) is 0 Å². The molecule has 0 aliphatic carbocycles. The standard InChI is InChI=1S/C20H25NO3/c1-5-14-9-10-19(24-4)17(12-14)18(20(22)23)13-15-7-6-8-16(11-15)21(2)3/h6-12,18H,5,13H2,1-4H3,(H,22,23). The lowest BCUT2D eigenvalue weighted by atomic mass is 9.89. The lowest BCUT2D eigenvalue weighted by Crippen LogP contribution is -2.16. The Morgan fingerprint density at radius 1 is 1.17 bits per heavy atom. The Balaban J connectivity index is 2.40. The monoisotopic (exact) mass is 327 g/mol. The number of hydrogen-bond donors (Lipinski definition) is 1. The van der Waals surface area contributed by atoms with E-state index in [0.717, 1.165) is 28.8 Å². The molecule has 0 fully saturated rings. The summed E-state index contributed by atoms with van der Waals surface area (Å²) in [5, 5.41) is 9.78. The molecule has 1 unspecified atom stereocenters. The van der Waals surface area contributed by atoms with Crippen LogP contribution < -0.4 is 9.64 Å². The van der Waals surface area contributed by atoms with Crippen LogP contribution in [-0.2, 0) is 17.6 Å². The van der Waals surface area contributed by atoms with Crippen LogP contribution in [0.2, 0.25) is 0 Å². The first-order chi connectivity index (χ1) is 11.5. The number of carbonyl (C=O) groups is 1. The number of carboxylic acids is 1. The van der Waals surface area contributed by atoms with E-state index in [2.05, 4.69) is 6.92 Å². The summed E-state index contributed by atoms with van der Waals surface area (Å²) in [5.74, 6) is -0.843. The lowest BCUT2D eigenvalue weighted by molar-refractivity contribution is -0.138. The van der Waals surface area contributed by atoms with E-state index < -0.39 is 11.9 Å². The molecule has 2 aromatic rings. The summed E-state index contributed by atoms with van der Waals surface area (Å²) in [4.78, 5) is 13.9. The molecule has 0 bridgehead atoms. The first kappa shape index (κ1) is 17.9. The SMILES string of the molecule is CCc1ccc(OC)c(C(Cc2cccc(N(C)C)c2)C(=O)O)c1. The summed E-state index contributed by atoms with van der Waals surface area (Å²) in [7, 11) is 5.53. The predicted octanol–water partition coefficient (Wildman–Crippen LogP) is 3.73. The van der Waals surface area contributed by atoms with Crippen LogP contribution in [-0.4, -0.2) is 32.3 Å². The third-order valence-corrected chi connectivity index (χ3v) is 4.24. The maximum absolute atomic E-state index is 11.9. The van der Waals surface area contributed by atoms with Crippen LogP contribution in [0.3, 0.4) is 0 Å². The molecule has 0 spiro atoms. The molecule has 4 nitrogen and oxygen atoms in total. The van der Waals surface area contributed by atoms with Gasteiger partial charge in [0.25, 0.3) is 0 Å². The van der Waals surface area contributed by atoms with E-state index in [1.54, 1.807) is 7.11 Å². The summed E-state index contributed by atoms with van der Waals surface area (Å²) in [6, 6.07) is 13.8. The number of rotatable bonds is 7. The van der Waals surface area contributed by atoms with Gasteiger partial charge in [-0.2, -0.15) is 0 Å². The summed E-state index contributed by atoms with van der Waals surface area (Å²) in [6.45, 7) is 2.06. The second-order valence-electron chi connectivity index (χ2n) is 6.09. The first-order valence-electron chi connectivity index (χ1n) is 8.12. The van der Waals surface area contributed by atoms with Crippen molar-refractivity contribution in [3.63, 3.8) is 0 Å². The molecule has 24 heavy (non-hydrogen) atoms. The predicted molar refractivity (Wildman–Crippen MR) is 97.2 cm³/mol. The molecule has 0 aliphatic heterocycles. The fourth-order valence-electron chi connectivity index (χ4n) is 2.80. The number of anilines is 1. The quantitative estimate of drug-likeness (QED) is 0.842. The van der Waals surface area contributed by atoms with Crippen LogP contribution in [0.1, 0.15) is 29.5 Å². The molecule has 0 heterocycles. The van der Waals surface area contributed by atoms with Crippen molar-refractivity contribution in [2.24, 2.45) is 0 Å². The molecule has 0 saturated carbocycles. The highest BCUT2D eigenvalue weighted by atomic mass is 16.5. The fourth-order valence-corrected chi connectivity index (χ4v) is 2.80. The molecule has 1 N–H and O–H groups in total. The Bertz CT molecular complexity index is 710. The fraction of sp³-hybridized carbons (Fsp3) is 0.350. The highest BCUT2D eigenvalue weighted by Gasteiger charge is 2.24. The number of benzene rings is 2. The third-order valence-electron chi connectivity index (χ3n) is 4.24. The number of ether oxygens (including phenoxy) is 1. The van der Waals surface area contributed by atoms with Gasteiger partial charge in [0.2, 0.25) is 0 Å². The van der Waals surface area contributed by atoms with Gasteiger partial charge >= 0.3 is 5.97 Å². The second-order valence-corrected chi connectivity index (χ2v) is 6.09. The van der Waals surface area contributed by atoms with E-state index in [1.807, 2.05) is 61.5 Å². The zero-order valence-electron chi connectivity index (χ0n) is 14.7. The maximum atomic E-state index is 11.9. The molecule has 0 aromatic heterocycles. The molecule has 1 atom stereocenters. The van der Waals surface area contributed by atoms with Gasteiger partial charge in [-0.15, -0.1) is 0 Å². The highest BCUT2D eigenvalue weighted by molar-refractivity contribution is 5.78. The van der Waals surface area contributed by atoms with Crippen molar-refractivity contribution >= 4 is 11.7 Å². The van der Waals surface area contributed by atoms with Crippen molar-refractivity contribution in [3.8, 4) is 5.75 Å². The van der Waals surface area contributed by atoms with E-state index in [-0.39, 0.29) is 0 Å². The summed E-state index contributed by atoms with van der Waals surface area (Å²) in [5.41, 5.74) is 3.90. The minimum Gasteiger partial charge on any atom is -0.496 e. The first-order valence-corrected chi connectivity index (χ1v) is 8.12. The maximum Gasteiger partial charge on any atom is 0.311 e. The van der Waals surface area contributed by atoms with Crippen molar-refractivity contribution in [3.05, 3.63) is 59.2 Å². The molecular weight excluding hydrogens is 302 g/mol. The van der Waals surface area contributed by atoms with Crippen LogP contribution in [0, 0.1) is 0 Å². The molecule has 0 aliphatic rings. The average Bonchev–Trinajstić information content (AvgIpc) is 2.59. The molecular formula is C20H25NO3. The van der Waals surface area contributed by atoms with Crippen molar-refractivity contribution in [1.29, 1.82) is 0 Å².